The van der Waals surface area contributed by atoms with Crippen LogP contribution in [0.5, 0.6) is 23.3 Å². The van der Waals surface area contributed by atoms with Crippen molar-refractivity contribution < 1.29 is 24.4 Å². The van der Waals surface area contributed by atoms with E-state index < -0.39 is 27.0 Å². The molecule has 3 aromatic rings. The summed E-state index contributed by atoms with van der Waals surface area (Å²) in [6, 6.07) is 7.36. The number of nitro groups is 2. The van der Waals surface area contributed by atoms with Gasteiger partial charge in [-0.25, -0.2) is 4.98 Å². The molecule has 0 atom stereocenters. The SMILES string of the molecule is COc1cc(/C=C\c2nc(O)c([N+](=O)[O-])c(=O)[nH]2)ccc1Oc1ccc([N+](=O)[O-])cn1. The Bertz CT molecular complexity index is 1240. The van der Waals surface area contributed by atoms with E-state index in [0.717, 1.165) is 6.20 Å². The number of benzene rings is 1. The van der Waals surface area contributed by atoms with Crippen LogP contribution >= 0.6 is 0 Å². The molecule has 2 aromatic heterocycles. The first-order valence-electron chi connectivity index (χ1n) is 8.40. The number of rotatable bonds is 7. The largest absolute Gasteiger partial charge is 0.493 e. The molecular formula is C18H13N5O8. The molecule has 0 radical (unpaired) electrons. The molecule has 31 heavy (non-hydrogen) atoms. The molecule has 0 aliphatic rings. The summed E-state index contributed by atoms with van der Waals surface area (Å²) in [4.78, 5) is 41.1. The van der Waals surface area contributed by atoms with E-state index in [1.165, 1.54) is 31.4 Å². The van der Waals surface area contributed by atoms with Crippen LogP contribution < -0.4 is 15.0 Å². The van der Waals surface area contributed by atoms with E-state index in [1.54, 1.807) is 18.2 Å². The second-order valence-corrected chi connectivity index (χ2v) is 5.84. The van der Waals surface area contributed by atoms with Gasteiger partial charge < -0.3 is 19.6 Å². The van der Waals surface area contributed by atoms with Gasteiger partial charge in [0, 0.05) is 12.1 Å². The van der Waals surface area contributed by atoms with Gasteiger partial charge >= 0.3 is 11.2 Å². The lowest BCUT2D eigenvalue weighted by atomic mass is 10.2. The standard InChI is InChI=1S/C18H13N5O8/c1-30-13-8-10(3-6-14-20-17(24)16(23(28)29)18(25)21-14)2-5-12(13)31-15-7-4-11(9-19-15)22(26)27/h2-9H,1H3,(H2,20,21,24,25)/b6-3-. The van der Waals surface area contributed by atoms with E-state index >= 15 is 0 Å². The minimum absolute atomic E-state index is 0.0949. The molecule has 0 saturated carbocycles. The maximum Gasteiger partial charge on any atom is 0.395 e. The van der Waals surface area contributed by atoms with E-state index in [9.17, 15) is 30.1 Å². The molecule has 0 bridgehead atoms. The molecule has 0 spiro atoms. The molecule has 0 amide bonds. The number of aromatic nitrogens is 3. The third-order valence-electron chi connectivity index (χ3n) is 3.84. The van der Waals surface area contributed by atoms with Gasteiger partial charge in [-0.1, -0.05) is 12.1 Å². The summed E-state index contributed by atoms with van der Waals surface area (Å²) in [5.41, 5.74) is -1.72. The summed E-state index contributed by atoms with van der Waals surface area (Å²) >= 11 is 0. The average Bonchev–Trinajstić information content (AvgIpc) is 2.72. The van der Waals surface area contributed by atoms with E-state index in [2.05, 4.69) is 15.0 Å². The van der Waals surface area contributed by atoms with Crippen LogP contribution in [0.25, 0.3) is 12.2 Å². The summed E-state index contributed by atoms with van der Waals surface area (Å²) < 4.78 is 10.8. The smallest absolute Gasteiger partial charge is 0.395 e. The summed E-state index contributed by atoms with van der Waals surface area (Å²) in [5.74, 6) is -0.362. The van der Waals surface area contributed by atoms with Gasteiger partial charge in [-0.15, -0.1) is 0 Å². The van der Waals surface area contributed by atoms with Gasteiger partial charge in [-0.3, -0.25) is 25.0 Å². The first-order chi connectivity index (χ1) is 14.8. The molecule has 2 heterocycles. The third-order valence-corrected chi connectivity index (χ3v) is 3.84. The van der Waals surface area contributed by atoms with Crippen LogP contribution in [0.15, 0.2) is 41.3 Å². The molecule has 0 saturated heterocycles. The second kappa shape index (κ2) is 8.69. The van der Waals surface area contributed by atoms with Crippen LogP contribution in [0.1, 0.15) is 11.4 Å². The van der Waals surface area contributed by atoms with Crippen LogP contribution in [0.4, 0.5) is 11.4 Å². The van der Waals surface area contributed by atoms with Crippen molar-refractivity contribution in [3.05, 3.63) is 78.5 Å². The maximum atomic E-state index is 11.7. The highest BCUT2D eigenvalue weighted by Gasteiger charge is 2.21. The molecule has 13 nitrogen and oxygen atoms in total. The molecule has 3 rings (SSSR count). The van der Waals surface area contributed by atoms with Crippen molar-refractivity contribution in [1.82, 2.24) is 15.0 Å². The van der Waals surface area contributed by atoms with E-state index in [1.807, 2.05) is 0 Å². The number of nitrogens with zero attached hydrogens (tertiary/aromatic N) is 4. The zero-order valence-corrected chi connectivity index (χ0v) is 15.7. The van der Waals surface area contributed by atoms with Gasteiger partial charge in [0.1, 0.15) is 12.0 Å². The zero-order chi connectivity index (χ0) is 22.5. The van der Waals surface area contributed by atoms with Crippen LogP contribution in [0.2, 0.25) is 0 Å². The summed E-state index contributed by atoms with van der Waals surface area (Å²) in [6.45, 7) is 0. The highest BCUT2D eigenvalue weighted by atomic mass is 16.6. The number of nitrogens with one attached hydrogen (secondary N) is 1. The first kappa shape index (κ1) is 20.9. The van der Waals surface area contributed by atoms with Gasteiger partial charge in [0.25, 0.3) is 11.6 Å². The fraction of sp³-hybridized carbons (Fsp3) is 0.0556. The summed E-state index contributed by atoms with van der Waals surface area (Å²) in [6.07, 6.45) is 3.91. The number of H-pyrrole nitrogens is 1. The summed E-state index contributed by atoms with van der Waals surface area (Å²) in [5, 5.41) is 31.0. The quantitative estimate of drug-likeness (QED) is 0.419. The molecule has 2 N–H and O–H groups in total. The van der Waals surface area contributed by atoms with Gasteiger partial charge in [0.2, 0.25) is 5.88 Å². The van der Waals surface area contributed by atoms with Crippen LogP contribution in [0, 0.1) is 20.2 Å². The van der Waals surface area contributed by atoms with E-state index in [4.69, 9.17) is 9.47 Å². The lowest BCUT2D eigenvalue weighted by Gasteiger charge is -2.10. The minimum atomic E-state index is -1.09. The van der Waals surface area contributed by atoms with Crippen molar-refractivity contribution in [3.8, 4) is 23.3 Å². The molecule has 0 unspecified atom stereocenters. The predicted molar refractivity (Wildman–Crippen MR) is 106 cm³/mol. The summed E-state index contributed by atoms with van der Waals surface area (Å²) in [7, 11) is 1.41. The number of aromatic hydroxyl groups is 1. The molecule has 0 aliphatic carbocycles. The monoisotopic (exact) mass is 427 g/mol. The van der Waals surface area contributed by atoms with Gasteiger partial charge in [-0.2, -0.15) is 4.98 Å². The molecule has 0 fully saturated rings. The number of aromatic amines is 1. The Balaban J connectivity index is 1.82. The topological polar surface area (TPSA) is 184 Å². The Labute approximate surface area is 172 Å². The van der Waals surface area contributed by atoms with Gasteiger partial charge in [0.05, 0.1) is 17.0 Å². The van der Waals surface area contributed by atoms with Crippen molar-refractivity contribution in [3.63, 3.8) is 0 Å². The molecular weight excluding hydrogens is 414 g/mol. The number of hydrogen-bond acceptors (Lipinski definition) is 10. The number of ether oxygens (including phenoxy) is 2. The normalized spacial score (nSPS) is 10.7. The van der Waals surface area contributed by atoms with Crippen LogP contribution in [-0.2, 0) is 0 Å². The number of hydrogen-bond donors (Lipinski definition) is 2. The van der Waals surface area contributed by atoms with Crippen molar-refractivity contribution in [2.24, 2.45) is 0 Å². The van der Waals surface area contributed by atoms with Crippen molar-refractivity contribution >= 4 is 23.5 Å². The molecule has 13 heteroatoms. The minimum Gasteiger partial charge on any atom is -0.493 e. The Morgan fingerprint density at radius 2 is 1.87 bits per heavy atom. The van der Waals surface area contributed by atoms with E-state index in [0.29, 0.717) is 17.1 Å². The third kappa shape index (κ3) is 4.79. The molecule has 1 aromatic carbocycles. The lowest BCUT2D eigenvalue weighted by Crippen LogP contribution is -2.14. The number of pyridine rings is 1. The van der Waals surface area contributed by atoms with Crippen molar-refractivity contribution in [1.29, 1.82) is 0 Å². The highest BCUT2D eigenvalue weighted by Crippen LogP contribution is 2.32. The fourth-order valence-electron chi connectivity index (χ4n) is 2.42. The Morgan fingerprint density at radius 1 is 1.10 bits per heavy atom. The highest BCUT2D eigenvalue weighted by molar-refractivity contribution is 5.69. The molecule has 158 valence electrons. The maximum absolute atomic E-state index is 11.7. The Morgan fingerprint density at radius 3 is 2.45 bits per heavy atom. The number of methoxy groups -OCH3 is 1. The van der Waals surface area contributed by atoms with Crippen LogP contribution in [0.3, 0.4) is 0 Å². The zero-order valence-electron chi connectivity index (χ0n) is 15.7. The Kier molecular flexibility index (Phi) is 5.86. The first-order valence-corrected chi connectivity index (χ1v) is 8.40. The molecule has 0 aliphatic heterocycles. The fourth-order valence-corrected chi connectivity index (χ4v) is 2.42. The van der Waals surface area contributed by atoms with Gasteiger partial charge in [-0.05, 0) is 23.8 Å². The Hall–Kier alpha value is -4.81. The average molecular weight is 427 g/mol. The van der Waals surface area contributed by atoms with Crippen LogP contribution in [-0.4, -0.2) is 37.0 Å². The predicted octanol–water partition coefficient (Wildman–Crippen LogP) is 2.66. The van der Waals surface area contributed by atoms with Gasteiger partial charge in [0.15, 0.2) is 11.5 Å². The second-order valence-electron chi connectivity index (χ2n) is 5.84. The lowest BCUT2D eigenvalue weighted by molar-refractivity contribution is -0.387. The van der Waals surface area contributed by atoms with Crippen molar-refractivity contribution in [2.75, 3.05) is 7.11 Å². The van der Waals surface area contributed by atoms with Crippen molar-refractivity contribution in [2.45, 2.75) is 0 Å². The van der Waals surface area contributed by atoms with E-state index in [-0.39, 0.29) is 17.4 Å².